The first-order chi connectivity index (χ1) is 15.5. The number of para-hydroxylation sites is 1. The molecule has 0 bridgehead atoms. The largest absolute Gasteiger partial charge is 0.284 e. The van der Waals surface area contributed by atoms with Crippen LogP contribution in [0.2, 0.25) is 10.0 Å². The summed E-state index contributed by atoms with van der Waals surface area (Å²) in [6.45, 7) is 3.98. The van der Waals surface area contributed by atoms with Crippen LogP contribution in [0.3, 0.4) is 0 Å². The molecule has 2 fully saturated rings. The minimum Gasteiger partial charge on any atom is -0.284 e. The smallest absolute Gasteiger partial charge is 0.282 e. The molecule has 4 unspecified atom stereocenters. The number of hydrogen-bond acceptors (Lipinski definition) is 4. The van der Waals surface area contributed by atoms with Crippen molar-refractivity contribution in [3.8, 4) is 0 Å². The number of carbonyl (C=O) groups is 1. The number of anilines is 1. The number of fused-ring (bicyclic) bond motifs is 1. The molecule has 1 saturated carbocycles. The average Bonchev–Trinajstić information content (AvgIpc) is 3.47. The van der Waals surface area contributed by atoms with Crippen molar-refractivity contribution < 1.29 is 4.79 Å². The summed E-state index contributed by atoms with van der Waals surface area (Å²) in [5, 5.41) is 10.2. The fourth-order valence-corrected chi connectivity index (χ4v) is 5.95. The molecule has 0 aromatic heterocycles. The van der Waals surface area contributed by atoms with E-state index in [1.165, 1.54) is 19.3 Å². The first-order valence-electron chi connectivity index (χ1n) is 11.5. The molecule has 2 aromatic rings. The minimum absolute atomic E-state index is 0.0606. The van der Waals surface area contributed by atoms with E-state index in [2.05, 4.69) is 17.4 Å². The van der Waals surface area contributed by atoms with Gasteiger partial charge in [0.2, 0.25) is 0 Å². The molecule has 2 aliphatic heterocycles. The summed E-state index contributed by atoms with van der Waals surface area (Å²) in [5.74, 6) is 1.26. The fraction of sp³-hybridized carbons (Fsp3) is 0.440. The normalized spacial score (nSPS) is 27.5. The van der Waals surface area contributed by atoms with Crippen LogP contribution in [-0.2, 0) is 4.79 Å². The first kappa shape index (κ1) is 21.7. The minimum atomic E-state index is -0.129. The van der Waals surface area contributed by atoms with E-state index in [1.807, 2.05) is 53.5 Å². The van der Waals surface area contributed by atoms with Crippen molar-refractivity contribution in [2.24, 2.45) is 22.9 Å². The number of nitrogens with one attached hydrogen (secondary N) is 1. The number of hydrazone groups is 1. The van der Waals surface area contributed by atoms with Crippen LogP contribution in [0.15, 0.2) is 53.6 Å². The Balaban J connectivity index is 1.45. The van der Waals surface area contributed by atoms with Crippen molar-refractivity contribution in [1.29, 1.82) is 0 Å². The Labute approximate surface area is 199 Å². The zero-order valence-electron chi connectivity index (χ0n) is 18.2. The lowest BCUT2D eigenvalue weighted by atomic mass is 9.87. The van der Waals surface area contributed by atoms with Crippen LogP contribution >= 0.6 is 23.2 Å². The number of rotatable bonds is 5. The van der Waals surface area contributed by atoms with Gasteiger partial charge in [-0.25, -0.2) is 5.01 Å². The Kier molecular flexibility index (Phi) is 6.15. The molecule has 7 heteroatoms. The molecule has 2 heterocycles. The van der Waals surface area contributed by atoms with Crippen molar-refractivity contribution >= 4 is 40.5 Å². The van der Waals surface area contributed by atoms with E-state index >= 15 is 0 Å². The van der Waals surface area contributed by atoms with Crippen LogP contribution in [0.4, 0.5) is 5.69 Å². The lowest BCUT2D eigenvalue weighted by Gasteiger charge is -2.28. The van der Waals surface area contributed by atoms with Crippen LogP contribution in [0.5, 0.6) is 0 Å². The molecular weight excluding hydrogens is 443 g/mol. The zero-order chi connectivity index (χ0) is 22.2. The molecule has 0 radical (unpaired) electrons. The molecule has 5 rings (SSSR count). The molecule has 1 N–H and O–H groups in total. The summed E-state index contributed by atoms with van der Waals surface area (Å²) >= 11 is 12.7. The summed E-state index contributed by atoms with van der Waals surface area (Å²) in [6.07, 6.45) is 4.64. The van der Waals surface area contributed by atoms with Crippen LogP contribution in [0, 0.1) is 17.8 Å². The van der Waals surface area contributed by atoms with E-state index in [-0.39, 0.29) is 17.9 Å². The summed E-state index contributed by atoms with van der Waals surface area (Å²) in [5.41, 5.74) is 5.58. The molecule has 2 aromatic carbocycles. The third-order valence-electron chi connectivity index (χ3n) is 7.18. The van der Waals surface area contributed by atoms with Crippen molar-refractivity contribution in [3.05, 3.63) is 64.1 Å². The standard InChI is InChI=1S/C25H28Cl2N4O/c1-2-20-23(25(32)29-30-14-17-6-5-7-18(17)15-30)28-31(22-9-4-3-8-21(22)27)24(20)16-10-12-19(26)13-11-16/h3-4,8-13,17-18,20,24H,2,5-7,14-15H2,1H3,(H,29,32). The van der Waals surface area contributed by atoms with Crippen molar-refractivity contribution in [2.75, 3.05) is 18.1 Å². The molecule has 1 saturated heterocycles. The summed E-state index contributed by atoms with van der Waals surface area (Å²) in [7, 11) is 0. The van der Waals surface area contributed by atoms with Crippen LogP contribution in [0.1, 0.15) is 44.2 Å². The fourth-order valence-electron chi connectivity index (χ4n) is 5.60. The van der Waals surface area contributed by atoms with Gasteiger partial charge in [-0.2, -0.15) is 5.10 Å². The second-order valence-electron chi connectivity index (χ2n) is 9.09. The molecule has 1 amide bonds. The molecule has 4 atom stereocenters. The predicted molar refractivity (Wildman–Crippen MR) is 130 cm³/mol. The number of halogens is 2. The maximum Gasteiger partial charge on any atom is 0.282 e. The maximum atomic E-state index is 13.4. The van der Waals surface area contributed by atoms with Crippen LogP contribution < -0.4 is 10.4 Å². The quantitative estimate of drug-likeness (QED) is 0.609. The Morgan fingerprint density at radius 2 is 1.75 bits per heavy atom. The Morgan fingerprint density at radius 1 is 1.06 bits per heavy atom. The van der Waals surface area contributed by atoms with Gasteiger partial charge in [0.1, 0.15) is 5.71 Å². The van der Waals surface area contributed by atoms with Gasteiger partial charge in [0.05, 0.1) is 16.8 Å². The molecule has 3 aliphatic rings. The Bertz CT molecular complexity index is 1010. The molecule has 32 heavy (non-hydrogen) atoms. The third kappa shape index (κ3) is 4.02. The zero-order valence-corrected chi connectivity index (χ0v) is 19.7. The number of hydrazine groups is 1. The molecular formula is C25H28Cl2N4O. The number of hydrogen-bond donors (Lipinski definition) is 1. The van der Waals surface area contributed by atoms with Gasteiger partial charge in [0.25, 0.3) is 5.91 Å². The molecule has 1 aliphatic carbocycles. The second kappa shape index (κ2) is 9.05. The molecule has 0 spiro atoms. The average molecular weight is 471 g/mol. The number of nitrogens with zero attached hydrogens (tertiary/aromatic N) is 3. The molecule has 5 nitrogen and oxygen atoms in total. The number of benzene rings is 2. The van der Waals surface area contributed by atoms with Gasteiger partial charge in [-0.15, -0.1) is 0 Å². The van der Waals surface area contributed by atoms with Gasteiger partial charge < -0.3 is 0 Å². The van der Waals surface area contributed by atoms with Crippen molar-refractivity contribution in [3.63, 3.8) is 0 Å². The van der Waals surface area contributed by atoms with Gasteiger partial charge in [-0.05, 0) is 60.9 Å². The summed E-state index contributed by atoms with van der Waals surface area (Å²) in [6, 6.07) is 15.3. The van der Waals surface area contributed by atoms with Gasteiger partial charge in [-0.3, -0.25) is 15.2 Å². The first-order valence-corrected chi connectivity index (χ1v) is 12.2. The Hall–Kier alpha value is -2.08. The van der Waals surface area contributed by atoms with Gasteiger partial charge in [0, 0.05) is 24.0 Å². The second-order valence-corrected chi connectivity index (χ2v) is 9.93. The van der Waals surface area contributed by atoms with Crippen LogP contribution in [-0.4, -0.2) is 29.7 Å². The lowest BCUT2D eigenvalue weighted by Crippen LogP contribution is -2.45. The summed E-state index contributed by atoms with van der Waals surface area (Å²) < 4.78 is 0. The monoisotopic (exact) mass is 470 g/mol. The highest BCUT2D eigenvalue weighted by Crippen LogP contribution is 2.43. The van der Waals surface area contributed by atoms with Crippen LogP contribution in [0.25, 0.3) is 0 Å². The van der Waals surface area contributed by atoms with Gasteiger partial charge in [0.15, 0.2) is 0 Å². The highest BCUT2D eigenvalue weighted by Gasteiger charge is 2.43. The number of amides is 1. The SMILES string of the molecule is CCC1C(C(=O)NN2CC3CCCC3C2)=NN(c2ccccc2Cl)C1c1ccc(Cl)cc1. The van der Waals surface area contributed by atoms with E-state index in [1.54, 1.807) is 0 Å². The highest BCUT2D eigenvalue weighted by atomic mass is 35.5. The molecule has 168 valence electrons. The third-order valence-corrected chi connectivity index (χ3v) is 7.75. The van der Waals surface area contributed by atoms with E-state index in [0.29, 0.717) is 27.6 Å². The maximum absolute atomic E-state index is 13.4. The van der Waals surface area contributed by atoms with E-state index < -0.39 is 0 Å². The van der Waals surface area contributed by atoms with E-state index in [0.717, 1.165) is 30.8 Å². The van der Waals surface area contributed by atoms with E-state index in [4.69, 9.17) is 28.3 Å². The summed E-state index contributed by atoms with van der Waals surface area (Å²) in [4.78, 5) is 13.4. The van der Waals surface area contributed by atoms with Gasteiger partial charge >= 0.3 is 0 Å². The predicted octanol–water partition coefficient (Wildman–Crippen LogP) is 5.70. The Morgan fingerprint density at radius 3 is 2.41 bits per heavy atom. The van der Waals surface area contributed by atoms with E-state index in [9.17, 15) is 4.79 Å². The van der Waals surface area contributed by atoms with Crippen molar-refractivity contribution in [2.45, 2.75) is 38.6 Å². The lowest BCUT2D eigenvalue weighted by molar-refractivity contribution is -0.119. The topological polar surface area (TPSA) is 47.9 Å². The number of carbonyl (C=O) groups excluding carboxylic acids is 1. The van der Waals surface area contributed by atoms with Gasteiger partial charge in [-0.1, -0.05) is 60.8 Å². The highest BCUT2D eigenvalue weighted by molar-refractivity contribution is 6.40. The van der Waals surface area contributed by atoms with Crippen molar-refractivity contribution in [1.82, 2.24) is 10.4 Å².